The van der Waals surface area contributed by atoms with Crippen molar-refractivity contribution in [1.82, 2.24) is 4.72 Å². The van der Waals surface area contributed by atoms with Crippen LogP contribution in [0.4, 0.5) is 0 Å². The summed E-state index contributed by atoms with van der Waals surface area (Å²) in [7, 11) is -7.04. The van der Waals surface area contributed by atoms with Gasteiger partial charge in [-0.05, 0) is 41.3 Å². The van der Waals surface area contributed by atoms with Gasteiger partial charge in [0.05, 0.1) is 9.79 Å². The molecular formula is C17H21NO4S2. The fraction of sp³-hybridized carbons (Fsp3) is 0.294. The Balaban J connectivity index is 2.11. The molecular weight excluding hydrogens is 346 g/mol. The lowest BCUT2D eigenvalue weighted by molar-refractivity contribution is 0.580. The lowest BCUT2D eigenvalue weighted by Crippen LogP contribution is -2.23. The summed E-state index contributed by atoms with van der Waals surface area (Å²) in [6.07, 6.45) is 1.08. The van der Waals surface area contributed by atoms with Crippen molar-refractivity contribution in [3.8, 4) is 0 Å². The van der Waals surface area contributed by atoms with Gasteiger partial charge in [-0.15, -0.1) is 0 Å². The minimum atomic E-state index is -3.69. The molecule has 7 heteroatoms. The van der Waals surface area contributed by atoms with E-state index < -0.39 is 19.9 Å². The van der Waals surface area contributed by atoms with Gasteiger partial charge in [0.2, 0.25) is 10.0 Å². The van der Waals surface area contributed by atoms with E-state index in [-0.39, 0.29) is 16.3 Å². The molecule has 0 saturated heterocycles. The highest BCUT2D eigenvalue weighted by Gasteiger charge is 2.15. The summed E-state index contributed by atoms with van der Waals surface area (Å²) < 4.78 is 49.9. The molecule has 1 N–H and O–H groups in total. The van der Waals surface area contributed by atoms with Crippen molar-refractivity contribution in [3.05, 3.63) is 59.7 Å². The summed E-state index contributed by atoms with van der Waals surface area (Å²) >= 11 is 0. The van der Waals surface area contributed by atoms with E-state index in [4.69, 9.17) is 0 Å². The Bertz CT molecular complexity index is 898. The summed E-state index contributed by atoms with van der Waals surface area (Å²) in [4.78, 5) is 0.124. The third-order valence-electron chi connectivity index (χ3n) is 3.67. The maximum absolute atomic E-state index is 12.3. The third-order valence-corrected chi connectivity index (χ3v) is 6.22. The Morgan fingerprint density at radius 2 is 1.33 bits per heavy atom. The van der Waals surface area contributed by atoms with E-state index >= 15 is 0 Å². The fourth-order valence-electron chi connectivity index (χ4n) is 2.15. The van der Waals surface area contributed by atoms with Gasteiger partial charge in [0.1, 0.15) is 0 Å². The standard InChI is InChI=1S/C17H21NO4S2/c1-13(2)15-6-4-14(5-7-15)12-18-24(21,22)17-10-8-16(9-11-17)23(3,19)20/h4-11,13,18H,12H2,1-3H3. The number of rotatable bonds is 6. The average molecular weight is 367 g/mol. The monoisotopic (exact) mass is 367 g/mol. The van der Waals surface area contributed by atoms with Gasteiger partial charge in [0.25, 0.3) is 0 Å². The largest absolute Gasteiger partial charge is 0.240 e. The molecule has 2 aromatic rings. The molecule has 0 aliphatic heterocycles. The van der Waals surface area contributed by atoms with Gasteiger partial charge in [-0.25, -0.2) is 21.6 Å². The van der Waals surface area contributed by atoms with E-state index in [1.54, 1.807) is 0 Å². The number of benzene rings is 2. The zero-order chi connectivity index (χ0) is 18.0. The summed E-state index contributed by atoms with van der Waals surface area (Å²) in [5, 5.41) is 0. The summed E-state index contributed by atoms with van der Waals surface area (Å²) in [5.41, 5.74) is 2.05. The number of hydrogen-bond acceptors (Lipinski definition) is 4. The molecule has 0 radical (unpaired) electrons. The first-order chi connectivity index (χ1) is 11.1. The van der Waals surface area contributed by atoms with Crippen LogP contribution >= 0.6 is 0 Å². The molecule has 0 saturated carbocycles. The molecule has 0 fully saturated rings. The van der Waals surface area contributed by atoms with Crippen LogP contribution in [0.2, 0.25) is 0 Å². The van der Waals surface area contributed by atoms with Gasteiger partial charge in [-0.2, -0.15) is 0 Å². The molecule has 0 heterocycles. The minimum absolute atomic E-state index is 0.0358. The second kappa shape index (κ2) is 7.04. The fourth-order valence-corrected chi connectivity index (χ4v) is 3.80. The van der Waals surface area contributed by atoms with Gasteiger partial charge in [0, 0.05) is 12.8 Å². The molecule has 2 aromatic carbocycles. The van der Waals surface area contributed by atoms with Crippen LogP contribution in [0.3, 0.4) is 0 Å². The van der Waals surface area contributed by atoms with Crippen molar-refractivity contribution >= 4 is 19.9 Å². The molecule has 0 spiro atoms. The topological polar surface area (TPSA) is 80.3 Å². The van der Waals surface area contributed by atoms with E-state index in [9.17, 15) is 16.8 Å². The van der Waals surface area contributed by atoms with E-state index in [0.717, 1.165) is 11.8 Å². The SMILES string of the molecule is CC(C)c1ccc(CNS(=O)(=O)c2ccc(S(C)(=O)=O)cc2)cc1. The Hall–Kier alpha value is -1.70. The van der Waals surface area contributed by atoms with Crippen LogP contribution in [0.25, 0.3) is 0 Å². The van der Waals surface area contributed by atoms with E-state index in [0.29, 0.717) is 5.92 Å². The van der Waals surface area contributed by atoms with Crippen molar-refractivity contribution in [3.63, 3.8) is 0 Å². The number of sulfone groups is 1. The molecule has 2 rings (SSSR count). The van der Waals surface area contributed by atoms with Gasteiger partial charge >= 0.3 is 0 Å². The smallest absolute Gasteiger partial charge is 0.224 e. The molecule has 0 aliphatic rings. The van der Waals surface area contributed by atoms with Crippen LogP contribution in [-0.4, -0.2) is 23.1 Å². The first-order valence-electron chi connectivity index (χ1n) is 7.48. The maximum Gasteiger partial charge on any atom is 0.240 e. The minimum Gasteiger partial charge on any atom is -0.224 e. The molecule has 5 nitrogen and oxygen atoms in total. The zero-order valence-corrected chi connectivity index (χ0v) is 15.5. The second-order valence-corrected chi connectivity index (χ2v) is 9.75. The Morgan fingerprint density at radius 3 is 1.79 bits per heavy atom. The van der Waals surface area contributed by atoms with Crippen molar-refractivity contribution in [1.29, 1.82) is 0 Å². The second-order valence-electron chi connectivity index (χ2n) is 5.96. The predicted octanol–water partition coefficient (Wildman–Crippen LogP) is 2.69. The van der Waals surface area contributed by atoms with Gasteiger partial charge in [-0.1, -0.05) is 38.1 Å². The zero-order valence-electron chi connectivity index (χ0n) is 13.9. The van der Waals surface area contributed by atoms with Gasteiger partial charge < -0.3 is 0 Å². The highest BCUT2D eigenvalue weighted by molar-refractivity contribution is 7.90. The van der Waals surface area contributed by atoms with Crippen LogP contribution in [0.1, 0.15) is 30.9 Å². The first kappa shape index (κ1) is 18.6. The summed E-state index contributed by atoms with van der Waals surface area (Å²) in [6.45, 7) is 4.37. The number of nitrogens with one attached hydrogen (secondary N) is 1. The van der Waals surface area contributed by atoms with Gasteiger partial charge in [-0.3, -0.25) is 0 Å². The Kier molecular flexibility index (Phi) is 5.47. The third kappa shape index (κ3) is 4.66. The Morgan fingerprint density at radius 1 is 0.833 bits per heavy atom. The molecule has 130 valence electrons. The molecule has 0 aliphatic carbocycles. The van der Waals surface area contributed by atoms with Crippen molar-refractivity contribution in [2.45, 2.75) is 36.1 Å². The van der Waals surface area contributed by atoms with Crippen LogP contribution < -0.4 is 4.72 Å². The van der Waals surface area contributed by atoms with E-state index in [1.807, 2.05) is 24.3 Å². The average Bonchev–Trinajstić information content (AvgIpc) is 2.53. The van der Waals surface area contributed by atoms with E-state index in [2.05, 4.69) is 18.6 Å². The molecule has 24 heavy (non-hydrogen) atoms. The van der Waals surface area contributed by atoms with Crippen LogP contribution in [-0.2, 0) is 26.4 Å². The summed E-state index contributed by atoms with van der Waals surface area (Å²) in [6, 6.07) is 12.9. The van der Waals surface area contributed by atoms with Gasteiger partial charge in [0.15, 0.2) is 9.84 Å². The summed E-state index contributed by atoms with van der Waals surface area (Å²) in [5.74, 6) is 0.420. The highest BCUT2D eigenvalue weighted by Crippen LogP contribution is 2.16. The van der Waals surface area contributed by atoms with Crippen molar-refractivity contribution in [2.75, 3.05) is 6.26 Å². The molecule has 0 unspecified atom stereocenters. The predicted molar refractivity (Wildman–Crippen MR) is 94.1 cm³/mol. The van der Waals surface area contributed by atoms with Crippen LogP contribution in [0.5, 0.6) is 0 Å². The molecule has 0 aromatic heterocycles. The number of sulfonamides is 1. The lowest BCUT2D eigenvalue weighted by Gasteiger charge is -2.09. The first-order valence-corrected chi connectivity index (χ1v) is 10.9. The highest BCUT2D eigenvalue weighted by atomic mass is 32.2. The van der Waals surface area contributed by atoms with Crippen molar-refractivity contribution in [2.24, 2.45) is 0 Å². The lowest BCUT2D eigenvalue weighted by atomic mass is 10.0. The normalized spacial score (nSPS) is 12.5. The van der Waals surface area contributed by atoms with E-state index in [1.165, 1.54) is 29.8 Å². The van der Waals surface area contributed by atoms with Crippen LogP contribution in [0, 0.1) is 0 Å². The molecule has 0 bridgehead atoms. The quantitative estimate of drug-likeness (QED) is 0.851. The number of hydrogen-bond donors (Lipinski definition) is 1. The van der Waals surface area contributed by atoms with Crippen LogP contribution in [0.15, 0.2) is 58.3 Å². The molecule has 0 atom stereocenters. The molecule has 0 amide bonds. The maximum atomic E-state index is 12.3. The van der Waals surface area contributed by atoms with Crippen molar-refractivity contribution < 1.29 is 16.8 Å². The Labute approximate surface area is 143 Å².